The minimum atomic E-state index is -3.96. The second-order valence-corrected chi connectivity index (χ2v) is 9.39. The van der Waals surface area contributed by atoms with E-state index in [4.69, 9.17) is 9.47 Å². The molecule has 1 amide bonds. The molecule has 0 bridgehead atoms. The molecular weight excluding hydrogens is 430 g/mol. The molecule has 0 spiro atoms. The number of amides is 1. The normalized spacial score (nSPS) is 16.9. The molecule has 0 aromatic heterocycles. The number of hydrogen-bond acceptors (Lipinski definition) is 6. The van der Waals surface area contributed by atoms with Gasteiger partial charge in [-0.15, -0.1) is 0 Å². The van der Waals surface area contributed by atoms with E-state index in [1.165, 1.54) is 13.2 Å². The Kier molecular flexibility index (Phi) is 7.98. The summed E-state index contributed by atoms with van der Waals surface area (Å²) < 4.78 is 39.1. The number of nitrogens with one attached hydrogen (secondary N) is 2. The summed E-state index contributed by atoms with van der Waals surface area (Å²) in [5.41, 5.74) is 0.799. The number of likely N-dealkylation sites (tertiary alicyclic amines) is 1. The average Bonchev–Trinajstić information content (AvgIpc) is 2.80. The molecule has 8 nitrogen and oxygen atoms in total. The first-order chi connectivity index (χ1) is 15.4. The highest BCUT2D eigenvalue weighted by molar-refractivity contribution is 7.92. The molecule has 1 fully saturated rings. The molecular formula is C23H31N3O5S. The number of piperidine rings is 1. The second-order valence-electron chi connectivity index (χ2n) is 7.74. The second kappa shape index (κ2) is 10.7. The Bertz CT molecular complexity index is 1020. The van der Waals surface area contributed by atoms with E-state index in [9.17, 15) is 13.2 Å². The van der Waals surface area contributed by atoms with E-state index < -0.39 is 10.0 Å². The van der Waals surface area contributed by atoms with E-state index in [-0.39, 0.29) is 22.6 Å². The first-order valence-corrected chi connectivity index (χ1v) is 12.3. The van der Waals surface area contributed by atoms with Gasteiger partial charge in [0.2, 0.25) is 5.91 Å². The quantitative estimate of drug-likeness (QED) is 0.591. The highest BCUT2D eigenvalue weighted by Gasteiger charge is 2.28. The number of sulfonamides is 1. The van der Waals surface area contributed by atoms with Crippen molar-refractivity contribution in [1.29, 1.82) is 0 Å². The van der Waals surface area contributed by atoms with Gasteiger partial charge in [-0.25, -0.2) is 8.42 Å². The summed E-state index contributed by atoms with van der Waals surface area (Å²) in [6.45, 7) is 3.87. The Morgan fingerprint density at radius 2 is 1.78 bits per heavy atom. The van der Waals surface area contributed by atoms with E-state index in [2.05, 4.69) is 21.9 Å². The van der Waals surface area contributed by atoms with E-state index in [0.717, 1.165) is 38.8 Å². The molecule has 1 aliphatic rings. The first kappa shape index (κ1) is 23.9. The van der Waals surface area contributed by atoms with Crippen LogP contribution in [-0.4, -0.2) is 52.6 Å². The number of nitrogens with zero attached hydrogens (tertiary/aromatic N) is 1. The molecule has 1 unspecified atom stereocenters. The van der Waals surface area contributed by atoms with Crippen LogP contribution in [0.15, 0.2) is 47.4 Å². The lowest BCUT2D eigenvalue weighted by atomic mass is 10.0. The number of methoxy groups -OCH3 is 2. The molecule has 1 atom stereocenters. The topological polar surface area (TPSA) is 97.0 Å². The first-order valence-electron chi connectivity index (χ1n) is 10.8. The summed E-state index contributed by atoms with van der Waals surface area (Å²) in [6.07, 6.45) is 3.87. The fraction of sp³-hybridized carbons (Fsp3) is 0.435. The molecule has 2 aromatic rings. The van der Waals surface area contributed by atoms with Crippen LogP contribution in [-0.2, 0) is 14.8 Å². The van der Waals surface area contributed by atoms with Crippen LogP contribution in [0.4, 0.5) is 11.4 Å². The van der Waals surface area contributed by atoms with Crippen molar-refractivity contribution in [2.45, 2.75) is 43.5 Å². The van der Waals surface area contributed by atoms with Gasteiger partial charge in [0.05, 0.1) is 20.3 Å². The van der Waals surface area contributed by atoms with Gasteiger partial charge in [-0.05, 0) is 74.8 Å². The van der Waals surface area contributed by atoms with Crippen molar-refractivity contribution in [2.24, 2.45) is 0 Å². The molecule has 1 heterocycles. The van der Waals surface area contributed by atoms with Crippen LogP contribution < -0.4 is 19.5 Å². The molecule has 1 aliphatic heterocycles. The molecule has 3 rings (SSSR count). The third kappa shape index (κ3) is 5.72. The monoisotopic (exact) mass is 461 g/mol. The number of carbonyl (C=O) groups excluding carboxylic acids is 1. The van der Waals surface area contributed by atoms with Crippen LogP contribution in [0.25, 0.3) is 0 Å². The zero-order valence-corrected chi connectivity index (χ0v) is 19.6. The Balaban J connectivity index is 1.81. The maximum absolute atomic E-state index is 13.1. The summed E-state index contributed by atoms with van der Waals surface area (Å²) in [6, 6.07) is 11.0. The van der Waals surface area contributed by atoms with Gasteiger partial charge in [0, 0.05) is 11.4 Å². The molecule has 0 aliphatic carbocycles. The lowest BCUT2D eigenvalue weighted by Gasteiger charge is -2.34. The van der Waals surface area contributed by atoms with Crippen LogP contribution in [0.1, 0.15) is 32.6 Å². The summed E-state index contributed by atoms with van der Waals surface area (Å²) in [5.74, 6) is 0.694. The summed E-state index contributed by atoms with van der Waals surface area (Å²) in [5, 5.41) is 2.90. The van der Waals surface area contributed by atoms with Gasteiger partial charge < -0.3 is 14.8 Å². The highest BCUT2D eigenvalue weighted by Crippen LogP contribution is 2.30. The average molecular weight is 462 g/mol. The predicted molar refractivity (Wildman–Crippen MR) is 125 cm³/mol. The van der Waals surface area contributed by atoms with Crippen molar-refractivity contribution in [3.05, 3.63) is 42.5 Å². The van der Waals surface area contributed by atoms with Crippen LogP contribution >= 0.6 is 0 Å². The highest BCUT2D eigenvalue weighted by atomic mass is 32.2. The number of benzene rings is 2. The number of hydrogen-bond donors (Lipinski definition) is 2. The van der Waals surface area contributed by atoms with Crippen molar-refractivity contribution in [3.8, 4) is 11.5 Å². The fourth-order valence-electron chi connectivity index (χ4n) is 3.90. The Hall–Kier alpha value is -2.78. The largest absolute Gasteiger partial charge is 0.497 e. The van der Waals surface area contributed by atoms with Crippen molar-refractivity contribution < 1.29 is 22.7 Å². The van der Waals surface area contributed by atoms with Crippen LogP contribution in [0.3, 0.4) is 0 Å². The Morgan fingerprint density at radius 3 is 2.44 bits per heavy atom. The van der Waals surface area contributed by atoms with Gasteiger partial charge in [0.25, 0.3) is 10.0 Å². The van der Waals surface area contributed by atoms with Crippen molar-refractivity contribution in [3.63, 3.8) is 0 Å². The van der Waals surface area contributed by atoms with Crippen LogP contribution in [0.2, 0.25) is 0 Å². The minimum Gasteiger partial charge on any atom is -0.497 e. The fourth-order valence-corrected chi connectivity index (χ4v) is 5.16. The van der Waals surface area contributed by atoms with E-state index in [1.54, 1.807) is 43.5 Å². The number of ether oxygens (including phenoxy) is 2. The van der Waals surface area contributed by atoms with Gasteiger partial charge in [0.15, 0.2) is 0 Å². The van der Waals surface area contributed by atoms with Gasteiger partial charge in [-0.1, -0.05) is 13.3 Å². The molecule has 2 N–H and O–H groups in total. The van der Waals surface area contributed by atoms with Crippen molar-refractivity contribution in [2.75, 3.05) is 37.3 Å². The molecule has 174 valence electrons. The maximum atomic E-state index is 13.1. The van der Waals surface area contributed by atoms with Gasteiger partial charge in [-0.3, -0.25) is 14.4 Å². The molecule has 0 radical (unpaired) electrons. The van der Waals surface area contributed by atoms with Gasteiger partial charge >= 0.3 is 0 Å². The minimum absolute atomic E-state index is 0.0531. The van der Waals surface area contributed by atoms with Gasteiger partial charge in [-0.2, -0.15) is 0 Å². The summed E-state index contributed by atoms with van der Waals surface area (Å²) >= 11 is 0. The number of anilines is 2. The molecule has 9 heteroatoms. The molecule has 0 saturated carbocycles. The molecule has 1 saturated heterocycles. The van der Waals surface area contributed by atoms with Gasteiger partial charge in [0.1, 0.15) is 16.4 Å². The van der Waals surface area contributed by atoms with E-state index in [0.29, 0.717) is 17.1 Å². The lowest BCUT2D eigenvalue weighted by Crippen LogP contribution is -2.47. The third-order valence-corrected chi connectivity index (χ3v) is 6.89. The predicted octanol–water partition coefficient (Wildman–Crippen LogP) is 3.71. The van der Waals surface area contributed by atoms with Crippen LogP contribution in [0.5, 0.6) is 11.5 Å². The number of carbonyl (C=O) groups is 1. The lowest BCUT2D eigenvalue weighted by molar-refractivity contribution is -0.122. The zero-order chi connectivity index (χ0) is 23.1. The SMILES string of the molecule is CCCN1CCCCC1C(=O)Nc1ccc(OC)c(S(=O)(=O)Nc2ccc(OC)cc2)c1. The smallest absolute Gasteiger partial charge is 0.265 e. The Morgan fingerprint density at radius 1 is 1.06 bits per heavy atom. The number of rotatable bonds is 9. The standard InChI is InChI=1S/C23H31N3O5S/c1-4-14-26-15-6-5-7-20(26)23(27)24-18-10-13-21(31-3)22(16-18)32(28,29)25-17-8-11-19(30-2)12-9-17/h8-13,16,20,25H,4-7,14-15H2,1-3H3,(H,24,27). The van der Waals surface area contributed by atoms with Crippen LogP contribution in [0, 0.1) is 0 Å². The maximum Gasteiger partial charge on any atom is 0.265 e. The van der Waals surface area contributed by atoms with E-state index in [1.807, 2.05) is 0 Å². The third-order valence-electron chi connectivity index (χ3n) is 5.49. The van der Waals surface area contributed by atoms with Crippen molar-refractivity contribution >= 4 is 27.3 Å². The molecule has 32 heavy (non-hydrogen) atoms. The molecule has 2 aromatic carbocycles. The van der Waals surface area contributed by atoms with E-state index >= 15 is 0 Å². The Labute approximate surface area is 190 Å². The summed E-state index contributed by atoms with van der Waals surface area (Å²) in [4.78, 5) is 15.1. The summed E-state index contributed by atoms with van der Waals surface area (Å²) in [7, 11) is -1.01. The zero-order valence-electron chi connectivity index (χ0n) is 18.8. The van der Waals surface area contributed by atoms with Crippen molar-refractivity contribution in [1.82, 2.24) is 4.90 Å².